The van der Waals surface area contributed by atoms with Gasteiger partial charge in [-0.1, -0.05) is 26.0 Å². The van der Waals surface area contributed by atoms with Gasteiger partial charge in [0, 0.05) is 17.8 Å². The second-order valence-electron chi connectivity index (χ2n) is 6.98. The number of amides is 1. The molecule has 0 saturated heterocycles. The molecule has 0 radical (unpaired) electrons. The summed E-state index contributed by atoms with van der Waals surface area (Å²) < 4.78 is 0. The third kappa shape index (κ3) is 1.95. The molecular weight excluding hydrogens is 280 g/mol. The van der Waals surface area contributed by atoms with Crippen LogP contribution in [0.1, 0.15) is 33.1 Å². The summed E-state index contributed by atoms with van der Waals surface area (Å²) >= 11 is 0. The van der Waals surface area contributed by atoms with Gasteiger partial charge in [-0.15, -0.1) is 0 Å². The van der Waals surface area contributed by atoms with E-state index < -0.39 is 10.3 Å². The predicted molar refractivity (Wildman–Crippen MR) is 84.4 cm³/mol. The SMILES string of the molecule is C=C1C(C)(C)[C@@H]2CC[C@]1(C(=O)Nc1ccc([N+](=O)[O-])cc1)C2. The predicted octanol–water partition coefficient (Wildman–Crippen LogP) is 3.92. The number of hydrogen-bond donors (Lipinski definition) is 1. The Morgan fingerprint density at radius 1 is 1.36 bits per heavy atom. The van der Waals surface area contributed by atoms with Gasteiger partial charge in [0.1, 0.15) is 0 Å². The largest absolute Gasteiger partial charge is 0.325 e. The lowest BCUT2D eigenvalue weighted by atomic mass is 9.68. The molecule has 3 rings (SSSR count). The molecule has 2 aliphatic carbocycles. The Morgan fingerprint density at radius 3 is 2.50 bits per heavy atom. The van der Waals surface area contributed by atoms with Crippen LogP contribution in [-0.2, 0) is 4.79 Å². The number of hydrogen-bond acceptors (Lipinski definition) is 3. The van der Waals surface area contributed by atoms with Gasteiger partial charge in [-0.3, -0.25) is 14.9 Å². The fourth-order valence-electron chi connectivity index (χ4n) is 4.06. The zero-order chi connectivity index (χ0) is 16.1. The summed E-state index contributed by atoms with van der Waals surface area (Å²) in [7, 11) is 0. The molecule has 1 amide bonds. The summed E-state index contributed by atoms with van der Waals surface area (Å²) in [6, 6.07) is 5.94. The van der Waals surface area contributed by atoms with Crippen LogP contribution in [0.4, 0.5) is 11.4 Å². The Bertz CT molecular complexity index is 663. The van der Waals surface area contributed by atoms with E-state index in [1.54, 1.807) is 12.1 Å². The number of anilines is 1. The number of rotatable bonds is 3. The molecule has 2 bridgehead atoms. The Hall–Kier alpha value is -2.17. The number of carbonyl (C=O) groups is 1. The normalized spacial score (nSPS) is 28.6. The molecule has 0 aromatic heterocycles. The highest BCUT2D eigenvalue weighted by Crippen LogP contribution is 2.65. The zero-order valence-corrected chi connectivity index (χ0v) is 12.9. The highest BCUT2D eigenvalue weighted by molar-refractivity contribution is 5.98. The zero-order valence-electron chi connectivity index (χ0n) is 12.9. The number of nitrogens with one attached hydrogen (secondary N) is 1. The summed E-state index contributed by atoms with van der Waals surface area (Å²) in [6.45, 7) is 8.55. The maximum absolute atomic E-state index is 12.8. The van der Waals surface area contributed by atoms with Crippen molar-refractivity contribution in [1.29, 1.82) is 0 Å². The first-order valence-electron chi connectivity index (χ1n) is 7.53. The van der Waals surface area contributed by atoms with Crippen LogP contribution in [0, 0.1) is 26.9 Å². The Morgan fingerprint density at radius 2 is 2.00 bits per heavy atom. The van der Waals surface area contributed by atoms with Gasteiger partial charge < -0.3 is 5.32 Å². The van der Waals surface area contributed by atoms with Crippen molar-refractivity contribution in [3.8, 4) is 0 Å². The lowest BCUT2D eigenvalue weighted by Crippen LogP contribution is -2.37. The van der Waals surface area contributed by atoms with Crippen LogP contribution < -0.4 is 5.32 Å². The standard InChI is InChI=1S/C17H20N2O3/c1-11-16(2,3)12-8-9-17(11,10-12)15(20)18-13-4-6-14(7-5-13)19(21)22/h4-7,12H,1,8-10H2,2-3H3,(H,18,20)/t12-,17+/m1/s1. The lowest BCUT2D eigenvalue weighted by molar-refractivity contribution is -0.384. The Balaban J connectivity index is 1.80. The van der Waals surface area contributed by atoms with Crippen LogP contribution in [0.25, 0.3) is 0 Å². The molecule has 2 fully saturated rings. The summed E-state index contributed by atoms with van der Waals surface area (Å²) in [4.78, 5) is 23.0. The molecule has 1 N–H and O–H groups in total. The van der Waals surface area contributed by atoms with Gasteiger partial charge in [-0.05, 0) is 42.7 Å². The molecule has 1 aromatic rings. The van der Waals surface area contributed by atoms with Gasteiger partial charge in [0.15, 0.2) is 0 Å². The van der Waals surface area contributed by atoms with E-state index in [0.717, 1.165) is 24.8 Å². The first kappa shape index (κ1) is 14.8. The van der Waals surface area contributed by atoms with Crippen LogP contribution in [0.3, 0.4) is 0 Å². The van der Waals surface area contributed by atoms with E-state index in [2.05, 4.69) is 25.7 Å². The molecular formula is C17H20N2O3. The van der Waals surface area contributed by atoms with Crippen LogP contribution >= 0.6 is 0 Å². The van der Waals surface area contributed by atoms with Crippen molar-refractivity contribution in [2.75, 3.05) is 5.32 Å². The number of carbonyl (C=O) groups excluding carboxylic acids is 1. The molecule has 2 saturated carbocycles. The molecule has 22 heavy (non-hydrogen) atoms. The van der Waals surface area contributed by atoms with Crippen LogP contribution in [0.2, 0.25) is 0 Å². The third-order valence-electron chi connectivity index (χ3n) is 5.66. The highest BCUT2D eigenvalue weighted by Gasteiger charge is 2.60. The van der Waals surface area contributed by atoms with Gasteiger partial charge >= 0.3 is 0 Å². The van der Waals surface area contributed by atoms with Crippen molar-refractivity contribution < 1.29 is 9.72 Å². The minimum atomic E-state index is -0.476. The fraction of sp³-hybridized carbons (Fsp3) is 0.471. The number of non-ortho nitro benzene ring substituents is 1. The minimum Gasteiger partial charge on any atom is -0.325 e. The highest BCUT2D eigenvalue weighted by atomic mass is 16.6. The molecule has 0 heterocycles. The quantitative estimate of drug-likeness (QED) is 0.522. The second-order valence-corrected chi connectivity index (χ2v) is 6.98. The van der Waals surface area contributed by atoms with Gasteiger partial charge in [0.2, 0.25) is 5.91 Å². The molecule has 0 aliphatic heterocycles. The topological polar surface area (TPSA) is 72.2 Å². The van der Waals surface area contributed by atoms with Gasteiger partial charge in [-0.2, -0.15) is 0 Å². The van der Waals surface area contributed by atoms with Crippen LogP contribution in [0.5, 0.6) is 0 Å². The second kappa shape index (κ2) is 4.66. The molecule has 2 atom stereocenters. The minimum absolute atomic E-state index is 0.00502. The summed E-state index contributed by atoms with van der Waals surface area (Å²) in [5, 5.41) is 13.6. The molecule has 5 heteroatoms. The first-order chi connectivity index (χ1) is 10.3. The summed E-state index contributed by atoms with van der Waals surface area (Å²) in [5.74, 6) is 0.488. The van der Waals surface area contributed by atoms with E-state index in [1.807, 2.05) is 0 Å². The smallest absolute Gasteiger partial charge is 0.269 e. The fourth-order valence-corrected chi connectivity index (χ4v) is 4.06. The van der Waals surface area contributed by atoms with E-state index in [0.29, 0.717) is 11.6 Å². The molecule has 2 aliphatic rings. The van der Waals surface area contributed by atoms with Gasteiger partial charge in [0.05, 0.1) is 10.3 Å². The molecule has 1 aromatic carbocycles. The average Bonchev–Trinajstić information content (AvgIpc) is 3.00. The van der Waals surface area contributed by atoms with Gasteiger partial charge in [0.25, 0.3) is 5.69 Å². The molecule has 5 nitrogen and oxygen atoms in total. The van der Waals surface area contributed by atoms with E-state index in [9.17, 15) is 14.9 Å². The monoisotopic (exact) mass is 300 g/mol. The first-order valence-corrected chi connectivity index (χ1v) is 7.53. The summed E-state index contributed by atoms with van der Waals surface area (Å²) in [5.41, 5.74) is 1.16. The van der Waals surface area contributed by atoms with Crippen LogP contribution in [0.15, 0.2) is 36.4 Å². The Kier molecular flexibility index (Phi) is 3.13. The molecule has 0 unspecified atom stereocenters. The van der Waals surface area contributed by atoms with Crippen molar-refractivity contribution in [1.82, 2.24) is 0 Å². The van der Waals surface area contributed by atoms with E-state index in [4.69, 9.17) is 0 Å². The van der Waals surface area contributed by atoms with E-state index >= 15 is 0 Å². The van der Waals surface area contributed by atoms with E-state index in [-0.39, 0.29) is 17.0 Å². The number of benzene rings is 1. The maximum atomic E-state index is 12.8. The van der Waals surface area contributed by atoms with E-state index in [1.165, 1.54) is 12.1 Å². The number of fused-ring (bicyclic) bond motifs is 2. The molecule has 116 valence electrons. The number of nitrogens with zero attached hydrogens (tertiary/aromatic N) is 1. The summed E-state index contributed by atoms with van der Waals surface area (Å²) in [6.07, 6.45) is 2.76. The number of nitro benzene ring substituents is 1. The van der Waals surface area contributed by atoms with Crippen molar-refractivity contribution in [3.63, 3.8) is 0 Å². The van der Waals surface area contributed by atoms with Crippen molar-refractivity contribution >= 4 is 17.3 Å². The van der Waals surface area contributed by atoms with Crippen LogP contribution in [-0.4, -0.2) is 10.8 Å². The Labute approximate surface area is 129 Å². The van der Waals surface area contributed by atoms with Crippen molar-refractivity contribution in [2.24, 2.45) is 16.7 Å². The van der Waals surface area contributed by atoms with Crippen molar-refractivity contribution in [2.45, 2.75) is 33.1 Å². The maximum Gasteiger partial charge on any atom is 0.269 e. The van der Waals surface area contributed by atoms with Crippen molar-refractivity contribution in [3.05, 3.63) is 46.5 Å². The third-order valence-corrected chi connectivity index (χ3v) is 5.66. The average molecular weight is 300 g/mol. The lowest BCUT2D eigenvalue weighted by Gasteiger charge is -2.37. The van der Waals surface area contributed by atoms with Gasteiger partial charge in [-0.25, -0.2) is 0 Å². The molecule has 0 spiro atoms. The number of nitro groups is 1.